The summed E-state index contributed by atoms with van der Waals surface area (Å²) in [5.74, 6) is 0. The van der Waals surface area contributed by atoms with Crippen molar-refractivity contribution in [3.63, 3.8) is 0 Å². The number of hydrogen-bond acceptors (Lipinski definition) is 4. The molecule has 1 aromatic carbocycles. The minimum Gasteiger partial charge on any atom is -0.382 e. The van der Waals surface area contributed by atoms with Gasteiger partial charge in [0.1, 0.15) is 0 Å². The zero-order chi connectivity index (χ0) is 15.7. The maximum Gasteiger partial charge on any atom is 0.0701 e. The van der Waals surface area contributed by atoms with Crippen molar-refractivity contribution in [2.45, 2.75) is 32.2 Å². The summed E-state index contributed by atoms with van der Waals surface area (Å²) in [5, 5.41) is 0. The second-order valence-electron chi connectivity index (χ2n) is 6.16. The van der Waals surface area contributed by atoms with Gasteiger partial charge in [-0.3, -0.25) is 0 Å². The van der Waals surface area contributed by atoms with E-state index in [1.54, 1.807) is 7.11 Å². The molecule has 0 heterocycles. The second-order valence-corrected chi connectivity index (χ2v) is 6.16. The van der Waals surface area contributed by atoms with Gasteiger partial charge >= 0.3 is 0 Å². The van der Waals surface area contributed by atoms with Crippen LogP contribution in [0.25, 0.3) is 0 Å². The van der Waals surface area contributed by atoms with Crippen LogP contribution in [0.4, 0.5) is 0 Å². The molecule has 120 valence electrons. The average molecular weight is 295 g/mol. The number of ether oxygens (including phenoxy) is 3. The highest BCUT2D eigenvalue weighted by Gasteiger charge is 2.14. The van der Waals surface area contributed by atoms with E-state index in [9.17, 15) is 0 Å². The van der Waals surface area contributed by atoms with Crippen molar-refractivity contribution in [2.24, 2.45) is 5.73 Å². The first kappa shape index (κ1) is 18.1. The first-order valence-electron chi connectivity index (χ1n) is 7.45. The predicted octanol–water partition coefficient (Wildman–Crippen LogP) is 2.66. The Morgan fingerprint density at radius 3 is 2.10 bits per heavy atom. The summed E-state index contributed by atoms with van der Waals surface area (Å²) < 4.78 is 15.8. The molecule has 1 aromatic rings. The molecule has 0 aliphatic heterocycles. The van der Waals surface area contributed by atoms with E-state index in [0.29, 0.717) is 33.0 Å². The number of rotatable bonds is 9. The largest absolute Gasteiger partial charge is 0.382 e. The molecular weight excluding hydrogens is 266 g/mol. The van der Waals surface area contributed by atoms with Crippen molar-refractivity contribution < 1.29 is 14.2 Å². The van der Waals surface area contributed by atoms with Crippen LogP contribution in [-0.4, -0.2) is 40.1 Å². The van der Waals surface area contributed by atoms with Gasteiger partial charge in [0.25, 0.3) is 0 Å². The van der Waals surface area contributed by atoms with Crippen LogP contribution in [0, 0.1) is 0 Å². The lowest BCUT2D eigenvalue weighted by Gasteiger charge is -2.20. The van der Waals surface area contributed by atoms with Gasteiger partial charge in [-0.25, -0.2) is 0 Å². The van der Waals surface area contributed by atoms with Crippen LogP contribution in [0.15, 0.2) is 24.3 Å². The van der Waals surface area contributed by atoms with Gasteiger partial charge in [-0.05, 0) is 16.5 Å². The minimum absolute atomic E-state index is 0.0991. The third-order valence-corrected chi connectivity index (χ3v) is 3.31. The smallest absolute Gasteiger partial charge is 0.0701 e. The number of hydrogen-bond donors (Lipinski definition) is 1. The molecule has 4 nitrogen and oxygen atoms in total. The molecule has 21 heavy (non-hydrogen) atoms. The van der Waals surface area contributed by atoms with E-state index in [4.69, 9.17) is 19.9 Å². The standard InChI is InChI=1S/C17H29NO3/c1-17(2,3)15-7-5-14(6-8-15)16(18)13-21-12-11-20-10-9-19-4/h5-8,16H,9-13,18H2,1-4H3. The van der Waals surface area contributed by atoms with Gasteiger partial charge in [0.05, 0.1) is 39.1 Å². The highest BCUT2D eigenvalue weighted by molar-refractivity contribution is 5.29. The van der Waals surface area contributed by atoms with Crippen LogP contribution < -0.4 is 5.73 Å². The Hall–Kier alpha value is -0.940. The third-order valence-electron chi connectivity index (χ3n) is 3.31. The highest BCUT2D eigenvalue weighted by atomic mass is 16.5. The molecule has 0 aromatic heterocycles. The van der Waals surface area contributed by atoms with E-state index < -0.39 is 0 Å². The van der Waals surface area contributed by atoms with Crippen molar-refractivity contribution in [1.29, 1.82) is 0 Å². The van der Waals surface area contributed by atoms with Crippen LogP contribution >= 0.6 is 0 Å². The van der Waals surface area contributed by atoms with Gasteiger partial charge in [-0.2, -0.15) is 0 Å². The monoisotopic (exact) mass is 295 g/mol. The summed E-state index contributed by atoms with van der Waals surface area (Å²) >= 11 is 0. The number of nitrogens with two attached hydrogens (primary N) is 1. The second kappa shape index (κ2) is 9.15. The topological polar surface area (TPSA) is 53.7 Å². The summed E-state index contributed by atoms with van der Waals surface area (Å²) in [6.07, 6.45) is 0. The van der Waals surface area contributed by atoms with E-state index in [1.807, 2.05) is 0 Å². The molecule has 0 saturated heterocycles. The fraction of sp³-hybridized carbons (Fsp3) is 0.647. The molecule has 0 aliphatic rings. The molecule has 0 spiro atoms. The molecule has 0 fully saturated rings. The van der Waals surface area contributed by atoms with Crippen LogP contribution in [-0.2, 0) is 19.6 Å². The van der Waals surface area contributed by atoms with E-state index >= 15 is 0 Å². The van der Waals surface area contributed by atoms with Gasteiger partial charge < -0.3 is 19.9 Å². The quantitative estimate of drug-likeness (QED) is 0.712. The Morgan fingerprint density at radius 1 is 0.952 bits per heavy atom. The molecule has 1 rings (SSSR count). The maximum atomic E-state index is 6.13. The van der Waals surface area contributed by atoms with Crippen molar-refractivity contribution in [3.8, 4) is 0 Å². The molecule has 1 atom stereocenters. The Balaban J connectivity index is 2.27. The van der Waals surface area contributed by atoms with Crippen molar-refractivity contribution >= 4 is 0 Å². The minimum atomic E-state index is -0.0991. The molecule has 4 heteroatoms. The van der Waals surface area contributed by atoms with Crippen LogP contribution in [0.3, 0.4) is 0 Å². The summed E-state index contributed by atoms with van der Waals surface area (Å²) in [7, 11) is 1.66. The van der Waals surface area contributed by atoms with E-state index in [2.05, 4.69) is 45.0 Å². The molecule has 0 radical (unpaired) electrons. The van der Waals surface area contributed by atoms with Gasteiger partial charge in [0.2, 0.25) is 0 Å². The lowest BCUT2D eigenvalue weighted by Crippen LogP contribution is -2.19. The summed E-state index contributed by atoms with van der Waals surface area (Å²) in [5.41, 5.74) is 8.71. The Labute approximate surface area is 128 Å². The van der Waals surface area contributed by atoms with E-state index in [-0.39, 0.29) is 11.5 Å². The molecule has 0 aliphatic carbocycles. The summed E-state index contributed by atoms with van der Waals surface area (Å²) in [6.45, 7) is 9.44. The highest BCUT2D eigenvalue weighted by Crippen LogP contribution is 2.23. The molecule has 2 N–H and O–H groups in total. The lowest BCUT2D eigenvalue weighted by atomic mass is 9.86. The van der Waals surface area contributed by atoms with Crippen LogP contribution in [0.1, 0.15) is 37.9 Å². The van der Waals surface area contributed by atoms with Gasteiger partial charge in [-0.15, -0.1) is 0 Å². The molecule has 0 bridgehead atoms. The zero-order valence-corrected chi connectivity index (χ0v) is 13.7. The van der Waals surface area contributed by atoms with E-state index in [0.717, 1.165) is 5.56 Å². The predicted molar refractivity (Wildman–Crippen MR) is 85.6 cm³/mol. The summed E-state index contributed by atoms with van der Waals surface area (Å²) in [4.78, 5) is 0. The molecular formula is C17H29NO3. The van der Waals surface area contributed by atoms with Gasteiger partial charge in [0.15, 0.2) is 0 Å². The first-order valence-corrected chi connectivity index (χ1v) is 7.45. The number of benzene rings is 1. The Morgan fingerprint density at radius 2 is 1.52 bits per heavy atom. The Kier molecular flexibility index (Phi) is 7.89. The van der Waals surface area contributed by atoms with Gasteiger partial charge in [0, 0.05) is 7.11 Å². The van der Waals surface area contributed by atoms with E-state index in [1.165, 1.54) is 5.56 Å². The fourth-order valence-corrected chi connectivity index (χ4v) is 1.90. The maximum absolute atomic E-state index is 6.13. The lowest BCUT2D eigenvalue weighted by molar-refractivity contribution is 0.0216. The van der Waals surface area contributed by atoms with Crippen LogP contribution in [0.2, 0.25) is 0 Å². The third kappa shape index (κ3) is 7.05. The van der Waals surface area contributed by atoms with Crippen molar-refractivity contribution in [2.75, 3.05) is 40.1 Å². The van der Waals surface area contributed by atoms with Crippen LogP contribution in [0.5, 0.6) is 0 Å². The molecule has 1 unspecified atom stereocenters. The SMILES string of the molecule is COCCOCCOCC(N)c1ccc(C(C)(C)C)cc1. The average Bonchev–Trinajstić information content (AvgIpc) is 2.45. The summed E-state index contributed by atoms with van der Waals surface area (Å²) in [6, 6.07) is 8.36. The molecule has 0 amide bonds. The molecule has 0 saturated carbocycles. The Bertz CT molecular complexity index is 384. The number of methoxy groups -OCH3 is 1. The first-order chi connectivity index (χ1) is 9.95. The zero-order valence-electron chi connectivity index (χ0n) is 13.7. The van der Waals surface area contributed by atoms with Gasteiger partial charge in [-0.1, -0.05) is 45.0 Å². The normalized spacial score (nSPS) is 13.4. The van der Waals surface area contributed by atoms with Crippen molar-refractivity contribution in [1.82, 2.24) is 0 Å². The fourth-order valence-electron chi connectivity index (χ4n) is 1.90. The van der Waals surface area contributed by atoms with Crippen molar-refractivity contribution in [3.05, 3.63) is 35.4 Å².